The van der Waals surface area contributed by atoms with Gasteiger partial charge in [0.2, 0.25) is 0 Å². The van der Waals surface area contributed by atoms with Crippen LogP contribution < -0.4 is 0 Å². The lowest BCUT2D eigenvalue weighted by atomic mass is 10.0. The topological polar surface area (TPSA) is 78.9 Å². The monoisotopic (exact) mass is 1120 g/mol. The molecule has 0 N–H and O–H groups in total. The molecule has 0 saturated carbocycles. The summed E-state index contributed by atoms with van der Waals surface area (Å²) < 4.78 is 16.9. The largest absolute Gasteiger partial charge is 0.462 e. The van der Waals surface area contributed by atoms with Crippen LogP contribution in [0.25, 0.3) is 0 Å². The molecule has 1 atom stereocenters. The highest BCUT2D eigenvalue weighted by atomic mass is 16.6. The van der Waals surface area contributed by atoms with E-state index in [-0.39, 0.29) is 31.1 Å². The van der Waals surface area contributed by atoms with E-state index in [1.165, 1.54) is 263 Å². The van der Waals surface area contributed by atoms with E-state index in [0.29, 0.717) is 19.3 Å². The van der Waals surface area contributed by atoms with Crippen molar-refractivity contribution >= 4 is 17.9 Å². The number of ether oxygens (including phenoxy) is 3. The highest BCUT2D eigenvalue weighted by molar-refractivity contribution is 5.71. The third kappa shape index (κ3) is 66.2. The van der Waals surface area contributed by atoms with Crippen LogP contribution in [0, 0.1) is 0 Å². The van der Waals surface area contributed by atoms with E-state index in [4.69, 9.17) is 14.2 Å². The Morgan fingerprint density at radius 2 is 0.487 bits per heavy atom. The van der Waals surface area contributed by atoms with Crippen LogP contribution in [0.1, 0.15) is 387 Å². The molecule has 0 aliphatic carbocycles. The van der Waals surface area contributed by atoms with Gasteiger partial charge >= 0.3 is 17.9 Å². The summed E-state index contributed by atoms with van der Waals surface area (Å²) in [5, 5.41) is 0. The van der Waals surface area contributed by atoms with Gasteiger partial charge in [-0.3, -0.25) is 14.4 Å². The van der Waals surface area contributed by atoms with Crippen molar-refractivity contribution in [1.29, 1.82) is 0 Å². The van der Waals surface area contributed by atoms with Crippen LogP contribution in [0.4, 0.5) is 0 Å². The van der Waals surface area contributed by atoms with Gasteiger partial charge in [-0.25, -0.2) is 0 Å². The molecule has 0 rings (SSSR count). The van der Waals surface area contributed by atoms with E-state index in [0.717, 1.165) is 83.5 Å². The zero-order valence-electron chi connectivity index (χ0n) is 53.9. The molecular weight excluding hydrogens is 985 g/mol. The predicted molar refractivity (Wildman–Crippen MR) is 349 cm³/mol. The Hall–Kier alpha value is -2.63. The molecule has 6 nitrogen and oxygen atoms in total. The Balaban J connectivity index is 4.01. The van der Waals surface area contributed by atoms with Gasteiger partial charge in [0.15, 0.2) is 6.10 Å². The molecule has 0 radical (unpaired) electrons. The van der Waals surface area contributed by atoms with E-state index in [2.05, 4.69) is 69.4 Å². The molecule has 0 aromatic heterocycles. The van der Waals surface area contributed by atoms with Gasteiger partial charge < -0.3 is 14.2 Å². The molecular formula is C74H136O6. The summed E-state index contributed by atoms with van der Waals surface area (Å²) in [5.74, 6) is -0.853. The summed E-state index contributed by atoms with van der Waals surface area (Å²) in [4.78, 5) is 38.2. The van der Waals surface area contributed by atoms with Crippen LogP contribution in [0.2, 0.25) is 0 Å². The molecule has 0 fully saturated rings. The summed E-state index contributed by atoms with van der Waals surface area (Å²) in [6, 6.07) is 0. The van der Waals surface area contributed by atoms with Gasteiger partial charge in [-0.05, 0) is 57.8 Å². The quantitative estimate of drug-likeness (QED) is 0.0261. The van der Waals surface area contributed by atoms with Crippen molar-refractivity contribution in [3.8, 4) is 0 Å². The highest BCUT2D eigenvalue weighted by Gasteiger charge is 2.19. The van der Waals surface area contributed by atoms with Crippen molar-refractivity contribution < 1.29 is 28.6 Å². The molecule has 0 aliphatic rings. The molecule has 0 aromatic rings. The number of carbonyl (C=O) groups is 3. The van der Waals surface area contributed by atoms with Gasteiger partial charge in [0, 0.05) is 19.3 Å². The average molecular weight is 1120 g/mol. The van der Waals surface area contributed by atoms with Crippen LogP contribution in [0.3, 0.4) is 0 Å². The second kappa shape index (κ2) is 68.9. The van der Waals surface area contributed by atoms with E-state index in [1.54, 1.807) is 0 Å². The third-order valence-corrected chi connectivity index (χ3v) is 16.1. The molecule has 6 heteroatoms. The summed E-state index contributed by atoms with van der Waals surface area (Å²) >= 11 is 0. The van der Waals surface area contributed by atoms with Crippen molar-refractivity contribution in [1.82, 2.24) is 0 Å². The maximum atomic E-state index is 12.9. The Morgan fingerprint density at radius 3 is 0.762 bits per heavy atom. The fraction of sp³-hybridized carbons (Fsp3) is 0.851. The van der Waals surface area contributed by atoms with Crippen molar-refractivity contribution in [3.63, 3.8) is 0 Å². The molecule has 1 unspecified atom stereocenters. The summed E-state index contributed by atoms with van der Waals surface area (Å²) in [6.45, 7) is 6.55. The summed E-state index contributed by atoms with van der Waals surface area (Å²) in [7, 11) is 0. The molecule has 80 heavy (non-hydrogen) atoms. The zero-order chi connectivity index (χ0) is 57.8. The summed E-state index contributed by atoms with van der Waals surface area (Å²) in [6.07, 6.45) is 87.6. The van der Waals surface area contributed by atoms with Crippen LogP contribution in [-0.4, -0.2) is 37.2 Å². The second-order valence-corrected chi connectivity index (χ2v) is 24.1. The zero-order valence-corrected chi connectivity index (χ0v) is 53.9. The van der Waals surface area contributed by atoms with Gasteiger partial charge in [-0.2, -0.15) is 0 Å². The molecule has 0 amide bonds. The smallest absolute Gasteiger partial charge is 0.306 e. The minimum atomic E-state index is -0.770. The molecule has 0 aliphatic heterocycles. The van der Waals surface area contributed by atoms with Gasteiger partial charge in [0.05, 0.1) is 0 Å². The molecule has 0 aromatic carbocycles. The van der Waals surface area contributed by atoms with Crippen LogP contribution in [-0.2, 0) is 28.6 Å². The van der Waals surface area contributed by atoms with Crippen LogP contribution in [0.15, 0.2) is 48.6 Å². The maximum absolute atomic E-state index is 12.9. The molecule has 0 bridgehead atoms. The Morgan fingerprint density at radius 1 is 0.263 bits per heavy atom. The van der Waals surface area contributed by atoms with Crippen LogP contribution in [0.5, 0.6) is 0 Å². The minimum Gasteiger partial charge on any atom is -0.462 e. The number of esters is 3. The summed E-state index contributed by atoms with van der Waals surface area (Å²) in [5.41, 5.74) is 0. The lowest BCUT2D eigenvalue weighted by Gasteiger charge is -2.18. The molecule has 0 heterocycles. The van der Waals surface area contributed by atoms with E-state index in [9.17, 15) is 14.4 Å². The Labute approximate surface area is 498 Å². The molecule has 0 spiro atoms. The normalized spacial score (nSPS) is 12.3. The number of rotatable bonds is 66. The third-order valence-electron chi connectivity index (χ3n) is 16.1. The van der Waals surface area contributed by atoms with E-state index in [1.807, 2.05) is 0 Å². The fourth-order valence-electron chi connectivity index (χ4n) is 10.8. The Kier molecular flexibility index (Phi) is 66.6. The number of carbonyl (C=O) groups excluding carboxylic acids is 3. The first-order valence-corrected chi connectivity index (χ1v) is 35.6. The minimum absolute atomic E-state index is 0.0685. The van der Waals surface area contributed by atoms with Crippen molar-refractivity contribution in [2.75, 3.05) is 13.2 Å². The van der Waals surface area contributed by atoms with Crippen LogP contribution >= 0.6 is 0 Å². The van der Waals surface area contributed by atoms with Gasteiger partial charge in [-0.1, -0.05) is 358 Å². The predicted octanol–water partition coefficient (Wildman–Crippen LogP) is 24.5. The first-order chi connectivity index (χ1) is 39.5. The average Bonchev–Trinajstić information content (AvgIpc) is 3.46. The second-order valence-electron chi connectivity index (χ2n) is 24.1. The number of hydrogen-bond acceptors (Lipinski definition) is 6. The van der Waals surface area contributed by atoms with Gasteiger partial charge in [0.1, 0.15) is 13.2 Å². The van der Waals surface area contributed by atoms with Gasteiger partial charge in [0.25, 0.3) is 0 Å². The standard InChI is InChI=1S/C74H136O6/c1-4-7-10-13-16-18-20-22-24-26-28-30-32-34-35-36-37-38-40-41-43-45-47-49-51-53-55-58-61-64-67-73(76)79-70-71(69-78-72(75)66-63-60-57-15-12-9-6-3)80-74(77)68-65-62-59-56-54-52-50-48-46-44-42-39-33-31-29-27-25-23-21-19-17-14-11-8-5-2/h8,11,17,19,23,25,29,31,71H,4-7,9-10,12-16,18,20-22,24,26-28,30,32-70H2,1-3H3/b11-8-,19-17-,25-23-,31-29-. The Bertz CT molecular complexity index is 1380. The number of unbranched alkanes of at least 4 members (excludes halogenated alkanes) is 47. The van der Waals surface area contributed by atoms with E-state index < -0.39 is 6.10 Å². The van der Waals surface area contributed by atoms with E-state index >= 15 is 0 Å². The fourth-order valence-corrected chi connectivity index (χ4v) is 10.8. The number of hydrogen-bond donors (Lipinski definition) is 0. The first kappa shape index (κ1) is 77.4. The van der Waals surface area contributed by atoms with Gasteiger partial charge in [-0.15, -0.1) is 0 Å². The lowest BCUT2D eigenvalue weighted by molar-refractivity contribution is -0.167. The SMILES string of the molecule is CC/C=C\C/C=C\C/C=C\C/C=C\CCCCCCCCCCCCCCC(=O)OC(COC(=O)CCCCCCCCC)COC(=O)CCCCCCCCCCCCCCCCCCCCCCCCCCCCCCCC. The maximum Gasteiger partial charge on any atom is 0.306 e. The highest BCUT2D eigenvalue weighted by Crippen LogP contribution is 2.19. The van der Waals surface area contributed by atoms with Crippen molar-refractivity contribution in [2.24, 2.45) is 0 Å². The van der Waals surface area contributed by atoms with Crippen molar-refractivity contribution in [3.05, 3.63) is 48.6 Å². The first-order valence-electron chi connectivity index (χ1n) is 35.6. The molecule has 0 saturated heterocycles. The molecule has 468 valence electrons. The lowest BCUT2D eigenvalue weighted by Crippen LogP contribution is -2.30. The number of allylic oxidation sites excluding steroid dienone is 8. The van der Waals surface area contributed by atoms with Crippen molar-refractivity contribution in [2.45, 2.75) is 393 Å².